The summed E-state index contributed by atoms with van der Waals surface area (Å²) < 4.78 is 7.08. The van der Waals surface area contributed by atoms with E-state index in [4.69, 9.17) is 21.3 Å². The molecule has 11 nitrogen and oxygen atoms in total. The highest BCUT2D eigenvalue weighted by Crippen LogP contribution is 2.24. The van der Waals surface area contributed by atoms with Crippen molar-refractivity contribution >= 4 is 52.6 Å². The molecule has 2 aliphatic heterocycles. The number of nitrogens with one attached hydrogen (secondary N) is 4. The van der Waals surface area contributed by atoms with Crippen molar-refractivity contribution in [1.82, 2.24) is 30.1 Å². The van der Waals surface area contributed by atoms with E-state index in [-0.39, 0.29) is 5.70 Å². The summed E-state index contributed by atoms with van der Waals surface area (Å²) in [5, 5.41) is 16.4. The fourth-order valence-corrected chi connectivity index (χ4v) is 3.98. The average Bonchev–Trinajstić information content (AvgIpc) is 3.36. The lowest BCUT2D eigenvalue weighted by Gasteiger charge is -2.26. The summed E-state index contributed by atoms with van der Waals surface area (Å²) in [5.41, 5.74) is 2.02. The van der Waals surface area contributed by atoms with Crippen molar-refractivity contribution in [2.75, 3.05) is 50.0 Å². The van der Waals surface area contributed by atoms with Gasteiger partial charge in [0.05, 0.1) is 19.4 Å². The van der Waals surface area contributed by atoms with Crippen molar-refractivity contribution in [3.05, 3.63) is 52.8 Å². The van der Waals surface area contributed by atoms with Gasteiger partial charge in [-0.15, -0.1) is 0 Å². The number of halogens is 1. The van der Waals surface area contributed by atoms with Crippen LogP contribution < -0.4 is 21.3 Å². The van der Waals surface area contributed by atoms with Crippen LogP contribution in [-0.4, -0.2) is 70.8 Å². The van der Waals surface area contributed by atoms with E-state index in [0.29, 0.717) is 28.6 Å². The lowest BCUT2D eigenvalue weighted by Crippen LogP contribution is -2.39. The number of aromatic nitrogens is 3. The molecule has 34 heavy (non-hydrogen) atoms. The number of urea groups is 1. The molecule has 1 aromatic carbocycles. The van der Waals surface area contributed by atoms with Crippen molar-refractivity contribution in [3.63, 3.8) is 0 Å². The number of hydrogen-bond donors (Lipinski definition) is 4. The van der Waals surface area contributed by atoms with Gasteiger partial charge in [0.2, 0.25) is 0 Å². The molecule has 2 saturated heterocycles. The van der Waals surface area contributed by atoms with Crippen LogP contribution >= 0.6 is 11.6 Å². The van der Waals surface area contributed by atoms with Crippen LogP contribution in [0.15, 0.2) is 42.2 Å². The Morgan fingerprint density at radius 3 is 2.79 bits per heavy atom. The first-order chi connectivity index (χ1) is 16.5. The summed E-state index contributed by atoms with van der Waals surface area (Å²) >= 11 is 6.13. The Morgan fingerprint density at radius 1 is 1.18 bits per heavy atom. The molecule has 5 rings (SSSR count). The second-order valence-corrected chi connectivity index (χ2v) is 8.28. The molecule has 176 valence electrons. The molecular weight excluding hydrogens is 460 g/mol. The van der Waals surface area contributed by atoms with Crippen molar-refractivity contribution in [3.8, 4) is 0 Å². The van der Waals surface area contributed by atoms with Crippen LogP contribution in [0, 0.1) is 0 Å². The molecule has 0 bridgehead atoms. The molecule has 4 N–H and O–H groups in total. The molecule has 3 aromatic rings. The molecule has 2 fully saturated rings. The molecule has 3 amide bonds. The predicted molar refractivity (Wildman–Crippen MR) is 128 cm³/mol. The third-order valence-corrected chi connectivity index (χ3v) is 5.69. The minimum atomic E-state index is -0.561. The normalized spacial score (nSPS) is 17.7. The maximum atomic E-state index is 12.0. The van der Waals surface area contributed by atoms with Crippen LogP contribution in [0.5, 0.6) is 0 Å². The zero-order valence-corrected chi connectivity index (χ0v) is 18.9. The predicted octanol–water partition coefficient (Wildman–Crippen LogP) is 2.05. The molecule has 12 heteroatoms. The molecule has 0 saturated carbocycles. The molecule has 4 heterocycles. The number of amides is 3. The standard InChI is InChI=1S/C22H23ClN8O3/c23-15-2-1-3-16(11-15)26-18-12-19(24-4-5-30-6-8-34-9-7-30)31-20(28-18)14(13-25-31)10-17-21(32)29-22(33)27-17/h1-3,10-13,24H,4-9H2,(H,26,28)(H2,27,29,32,33)/b17-10-. The van der Waals surface area contributed by atoms with Gasteiger partial charge in [-0.05, 0) is 24.3 Å². The van der Waals surface area contributed by atoms with Crippen molar-refractivity contribution in [2.45, 2.75) is 0 Å². The van der Waals surface area contributed by atoms with E-state index >= 15 is 0 Å². The summed E-state index contributed by atoms with van der Waals surface area (Å²) in [6.45, 7) is 4.85. The van der Waals surface area contributed by atoms with E-state index in [0.717, 1.165) is 44.4 Å². The number of nitrogens with zero attached hydrogens (tertiary/aromatic N) is 4. The maximum Gasteiger partial charge on any atom is 0.326 e. The number of carbonyl (C=O) groups is 2. The first kappa shape index (κ1) is 22.1. The number of hydrogen-bond acceptors (Lipinski definition) is 8. The van der Waals surface area contributed by atoms with E-state index < -0.39 is 11.9 Å². The van der Waals surface area contributed by atoms with Crippen LogP contribution in [0.3, 0.4) is 0 Å². The van der Waals surface area contributed by atoms with Gasteiger partial charge in [0.25, 0.3) is 5.91 Å². The topological polar surface area (TPSA) is 125 Å². The van der Waals surface area contributed by atoms with Gasteiger partial charge in [-0.25, -0.2) is 9.78 Å². The Labute approximate surface area is 200 Å². The van der Waals surface area contributed by atoms with Crippen molar-refractivity contribution in [1.29, 1.82) is 0 Å². The Bertz CT molecular complexity index is 1270. The van der Waals surface area contributed by atoms with E-state index in [1.807, 2.05) is 18.2 Å². The Morgan fingerprint density at radius 2 is 2.03 bits per heavy atom. The van der Waals surface area contributed by atoms with E-state index in [1.165, 1.54) is 0 Å². The summed E-state index contributed by atoms with van der Waals surface area (Å²) in [6, 6.07) is 8.64. The smallest absolute Gasteiger partial charge is 0.326 e. The number of carbonyl (C=O) groups excluding carboxylic acids is 2. The van der Waals surface area contributed by atoms with Crippen LogP contribution in [-0.2, 0) is 9.53 Å². The van der Waals surface area contributed by atoms with Gasteiger partial charge in [0, 0.05) is 48.5 Å². The molecule has 2 aliphatic rings. The monoisotopic (exact) mass is 482 g/mol. The van der Waals surface area contributed by atoms with E-state index in [1.54, 1.807) is 28.9 Å². The van der Waals surface area contributed by atoms with Gasteiger partial charge in [-0.3, -0.25) is 15.0 Å². The van der Waals surface area contributed by atoms with E-state index in [9.17, 15) is 9.59 Å². The third-order valence-electron chi connectivity index (χ3n) is 5.45. The lowest BCUT2D eigenvalue weighted by atomic mass is 10.2. The molecule has 2 aromatic heterocycles. The second-order valence-electron chi connectivity index (χ2n) is 7.84. The largest absolute Gasteiger partial charge is 0.379 e. The number of ether oxygens (including phenoxy) is 1. The number of fused-ring (bicyclic) bond motifs is 1. The van der Waals surface area contributed by atoms with E-state index in [2.05, 4.69) is 31.3 Å². The molecular formula is C22H23ClN8O3. The quantitative estimate of drug-likeness (QED) is 0.298. The first-order valence-electron chi connectivity index (χ1n) is 10.8. The minimum absolute atomic E-state index is 0.136. The summed E-state index contributed by atoms with van der Waals surface area (Å²) in [4.78, 5) is 30.5. The zero-order valence-electron chi connectivity index (χ0n) is 18.2. The first-order valence-corrected chi connectivity index (χ1v) is 11.2. The highest BCUT2D eigenvalue weighted by molar-refractivity contribution is 6.30. The zero-order chi connectivity index (χ0) is 23.5. The van der Waals surface area contributed by atoms with Crippen LogP contribution in [0.2, 0.25) is 5.02 Å². The summed E-state index contributed by atoms with van der Waals surface area (Å²) in [5.74, 6) is 0.803. The van der Waals surface area contributed by atoms with Crippen LogP contribution in [0.4, 0.5) is 22.1 Å². The molecule has 0 unspecified atom stereocenters. The molecule has 0 aliphatic carbocycles. The minimum Gasteiger partial charge on any atom is -0.379 e. The SMILES string of the molecule is O=C1NC(=O)/C(=C/c2cnn3c(NCCN4CCOCC4)cc(Nc4cccc(Cl)c4)nc23)N1. The number of benzene rings is 1. The number of rotatable bonds is 7. The lowest BCUT2D eigenvalue weighted by molar-refractivity contribution is -0.115. The number of anilines is 3. The van der Waals surface area contributed by atoms with Gasteiger partial charge >= 0.3 is 6.03 Å². The highest BCUT2D eigenvalue weighted by atomic mass is 35.5. The second kappa shape index (κ2) is 9.67. The summed E-state index contributed by atoms with van der Waals surface area (Å²) in [7, 11) is 0. The Kier molecular flexibility index (Phi) is 6.30. The fraction of sp³-hybridized carbons (Fsp3) is 0.273. The van der Waals surface area contributed by atoms with Gasteiger partial charge in [-0.1, -0.05) is 17.7 Å². The van der Waals surface area contributed by atoms with Gasteiger partial charge in [-0.2, -0.15) is 9.61 Å². The Balaban J connectivity index is 1.46. The van der Waals surface area contributed by atoms with Gasteiger partial charge < -0.3 is 20.7 Å². The molecule has 0 atom stereocenters. The highest BCUT2D eigenvalue weighted by Gasteiger charge is 2.24. The number of imide groups is 1. The summed E-state index contributed by atoms with van der Waals surface area (Å²) in [6.07, 6.45) is 3.15. The molecule has 0 radical (unpaired) electrons. The third kappa shape index (κ3) is 4.96. The van der Waals surface area contributed by atoms with Crippen molar-refractivity contribution in [2.24, 2.45) is 0 Å². The maximum absolute atomic E-state index is 12.0. The number of morpholine rings is 1. The van der Waals surface area contributed by atoms with Gasteiger partial charge in [0.1, 0.15) is 17.3 Å². The Hall–Kier alpha value is -3.67. The van der Waals surface area contributed by atoms with Crippen LogP contribution in [0.1, 0.15) is 5.56 Å². The fourth-order valence-electron chi connectivity index (χ4n) is 3.79. The average molecular weight is 483 g/mol. The van der Waals surface area contributed by atoms with Crippen molar-refractivity contribution < 1.29 is 14.3 Å². The van der Waals surface area contributed by atoms with Gasteiger partial charge in [0.15, 0.2) is 5.65 Å². The van der Waals surface area contributed by atoms with Crippen LogP contribution in [0.25, 0.3) is 11.7 Å². The molecule has 0 spiro atoms.